The summed E-state index contributed by atoms with van der Waals surface area (Å²) in [5.74, 6) is -2.67. The summed E-state index contributed by atoms with van der Waals surface area (Å²) in [5.41, 5.74) is 0.932. The predicted molar refractivity (Wildman–Crippen MR) is 118 cm³/mol. The molecule has 0 spiro atoms. The molecule has 4 N–H and O–H groups in total. The summed E-state index contributed by atoms with van der Waals surface area (Å²) in [6, 6.07) is 11.7. The molecule has 2 atom stereocenters. The SMILES string of the molecule is O=C(O)C(=O)O.OC(CNCC(c1ccco1)N1CCCC1)COCc1ccccc1Cl. The van der Waals surface area contributed by atoms with E-state index in [0.717, 1.165) is 31.0 Å². The van der Waals surface area contributed by atoms with E-state index in [1.807, 2.05) is 36.4 Å². The number of ether oxygens (including phenoxy) is 1. The van der Waals surface area contributed by atoms with E-state index in [0.29, 0.717) is 18.2 Å². The number of hydrogen-bond acceptors (Lipinski definition) is 7. The Kier molecular flexibility index (Phi) is 11.2. The average molecular weight is 469 g/mol. The van der Waals surface area contributed by atoms with Crippen molar-refractivity contribution in [2.75, 3.05) is 32.8 Å². The number of carboxylic acid groups (broad SMARTS) is 2. The summed E-state index contributed by atoms with van der Waals surface area (Å²) in [7, 11) is 0. The van der Waals surface area contributed by atoms with E-state index in [4.69, 9.17) is 40.6 Å². The van der Waals surface area contributed by atoms with Crippen molar-refractivity contribution < 1.29 is 34.1 Å². The topological polar surface area (TPSA) is 132 Å². The Morgan fingerprint density at radius 1 is 1.09 bits per heavy atom. The first-order valence-corrected chi connectivity index (χ1v) is 10.7. The van der Waals surface area contributed by atoms with Gasteiger partial charge in [-0.15, -0.1) is 0 Å². The van der Waals surface area contributed by atoms with Crippen molar-refractivity contribution in [3.05, 3.63) is 59.0 Å². The van der Waals surface area contributed by atoms with Crippen LogP contribution in [0.1, 0.15) is 30.2 Å². The van der Waals surface area contributed by atoms with Crippen LogP contribution in [0.15, 0.2) is 47.1 Å². The van der Waals surface area contributed by atoms with Crippen molar-refractivity contribution in [2.45, 2.75) is 31.6 Å². The van der Waals surface area contributed by atoms with E-state index in [1.54, 1.807) is 6.26 Å². The van der Waals surface area contributed by atoms with Crippen molar-refractivity contribution in [3.8, 4) is 0 Å². The highest BCUT2D eigenvalue weighted by Crippen LogP contribution is 2.24. The van der Waals surface area contributed by atoms with E-state index in [-0.39, 0.29) is 12.6 Å². The van der Waals surface area contributed by atoms with Gasteiger partial charge in [-0.05, 0) is 49.7 Å². The van der Waals surface area contributed by atoms with E-state index in [9.17, 15) is 5.11 Å². The lowest BCUT2D eigenvalue weighted by Gasteiger charge is -2.26. The Balaban J connectivity index is 0.000000534. The lowest BCUT2D eigenvalue weighted by Crippen LogP contribution is -2.38. The summed E-state index contributed by atoms with van der Waals surface area (Å²) in [4.78, 5) is 20.6. The van der Waals surface area contributed by atoms with Crippen LogP contribution in [0.5, 0.6) is 0 Å². The Hall–Kier alpha value is -2.43. The number of rotatable bonds is 10. The molecule has 1 fully saturated rings. The van der Waals surface area contributed by atoms with Crippen molar-refractivity contribution in [2.24, 2.45) is 0 Å². The average Bonchev–Trinajstić information content (AvgIpc) is 3.48. The second-order valence-corrected chi connectivity index (χ2v) is 7.71. The van der Waals surface area contributed by atoms with Gasteiger partial charge in [-0.1, -0.05) is 29.8 Å². The van der Waals surface area contributed by atoms with E-state index < -0.39 is 18.0 Å². The van der Waals surface area contributed by atoms with Gasteiger partial charge in [0, 0.05) is 18.1 Å². The molecule has 9 nitrogen and oxygen atoms in total. The third-order valence-corrected chi connectivity index (χ3v) is 5.25. The summed E-state index contributed by atoms with van der Waals surface area (Å²) < 4.78 is 11.2. The predicted octanol–water partition coefficient (Wildman–Crippen LogP) is 2.39. The summed E-state index contributed by atoms with van der Waals surface area (Å²) in [6.45, 7) is 4.09. The molecule has 1 aliphatic rings. The molecule has 32 heavy (non-hydrogen) atoms. The smallest absolute Gasteiger partial charge is 0.414 e. The molecule has 0 radical (unpaired) electrons. The number of halogens is 1. The van der Waals surface area contributed by atoms with Crippen molar-refractivity contribution in [1.82, 2.24) is 10.2 Å². The Morgan fingerprint density at radius 3 is 2.38 bits per heavy atom. The van der Waals surface area contributed by atoms with Crippen LogP contribution in [0, 0.1) is 0 Å². The molecule has 1 aliphatic heterocycles. The highest BCUT2D eigenvalue weighted by Gasteiger charge is 2.25. The fourth-order valence-corrected chi connectivity index (χ4v) is 3.50. The minimum atomic E-state index is -1.82. The van der Waals surface area contributed by atoms with Crippen LogP contribution in [0.2, 0.25) is 5.02 Å². The van der Waals surface area contributed by atoms with Gasteiger partial charge >= 0.3 is 11.9 Å². The summed E-state index contributed by atoms with van der Waals surface area (Å²) >= 11 is 6.10. The Labute approximate surface area is 191 Å². The molecule has 1 aromatic heterocycles. The minimum absolute atomic E-state index is 0.212. The summed E-state index contributed by atoms with van der Waals surface area (Å²) in [5, 5.41) is 29.0. The van der Waals surface area contributed by atoms with Gasteiger partial charge in [-0.3, -0.25) is 4.90 Å². The molecule has 0 aliphatic carbocycles. The number of carboxylic acids is 2. The van der Waals surface area contributed by atoms with Crippen LogP contribution >= 0.6 is 11.6 Å². The highest BCUT2D eigenvalue weighted by atomic mass is 35.5. The molecule has 2 unspecified atom stereocenters. The number of aliphatic hydroxyl groups excluding tert-OH is 1. The number of aliphatic hydroxyl groups is 1. The molecule has 10 heteroatoms. The van der Waals surface area contributed by atoms with Gasteiger partial charge in [0.1, 0.15) is 5.76 Å². The van der Waals surface area contributed by atoms with Gasteiger partial charge in [0.25, 0.3) is 0 Å². The molecule has 176 valence electrons. The number of furan rings is 1. The molecule has 0 bridgehead atoms. The maximum absolute atomic E-state index is 10.1. The zero-order valence-corrected chi connectivity index (χ0v) is 18.4. The van der Waals surface area contributed by atoms with Crippen LogP contribution in [0.3, 0.4) is 0 Å². The summed E-state index contributed by atoms with van der Waals surface area (Å²) in [6.07, 6.45) is 3.62. The standard InChI is InChI=1S/C20H27ClN2O3.C2H2O4/c21-18-7-2-1-6-16(18)14-25-15-17(24)12-22-13-19(20-8-5-11-26-20)23-9-3-4-10-23;3-1(4)2(5)6/h1-2,5-8,11,17,19,22,24H,3-4,9-10,12-15H2;(H,3,4)(H,5,6). The fourth-order valence-electron chi connectivity index (χ4n) is 3.31. The molecular weight excluding hydrogens is 440 g/mol. The van der Waals surface area contributed by atoms with Gasteiger partial charge in [0.05, 0.1) is 31.6 Å². The first-order chi connectivity index (χ1) is 15.4. The third kappa shape index (κ3) is 8.97. The van der Waals surface area contributed by atoms with Crippen LogP contribution in [0.4, 0.5) is 0 Å². The van der Waals surface area contributed by atoms with Crippen LogP contribution < -0.4 is 5.32 Å². The molecular formula is C22H29ClN2O7. The molecule has 1 aromatic carbocycles. The number of hydrogen-bond donors (Lipinski definition) is 4. The second-order valence-electron chi connectivity index (χ2n) is 7.30. The van der Waals surface area contributed by atoms with Gasteiger partial charge in [0.2, 0.25) is 0 Å². The fraction of sp³-hybridized carbons (Fsp3) is 0.455. The molecule has 0 amide bonds. The maximum Gasteiger partial charge on any atom is 0.414 e. The van der Waals surface area contributed by atoms with Gasteiger partial charge < -0.3 is 29.8 Å². The number of benzene rings is 1. The van der Waals surface area contributed by atoms with Gasteiger partial charge in [-0.25, -0.2) is 9.59 Å². The first kappa shape index (κ1) is 25.8. The molecule has 0 saturated carbocycles. The number of likely N-dealkylation sites (tertiary alicyclic amines) is 1. The zero-order valence-electron chi connectivity index (χ0n) is 17.7. The lowest BCUT2D eigenvalue weighted by molar-refractivity contribution is -0.159. The van der Waals surface area contributed by atoms with Crippen LogP contribution in [-0.4, -0.2) is 71.0 Å². The maximum atomic E-state index is 10.1. The van der Waals surface area contributed by atoms with Gasteiger partial charge in [0.15, 0.2) is 0 Å². The van der Waals surface area contributed by atoms with E-state index in [2.05, 4.69) is 10.2 Å². The van der Waals surface area contributed by atoms with Crippen molar-refractivity contribution in [3.63, 3.8) is 0 Å². The number of nitrogens with zero attached hydrogens (tertiary/aromatic N) is 1. The number of nitrogens with one attached hydrogen (secondary N) is 1. The monoisotopic (exact) mass is 468 g/mol. The zero-order chi connectivity index (χ0) is 23.3. The minimum Gasteiger partial charge on any atom is -0.473 e. The van der Waals surface area contributed by atoms with Crippen molar-refractivity contribution >= 4 is 23.5 Å². The number of aliphatic carboxylic acids is 2. The second kappa shape index (κ2) is 13.9. The lowest BCUT2D eigenvalue weighted by atomic mass is 10.2. The van der Waals surface area contributed by atoms with E-state index >= 15 is 0 Å². The first-order valence-electron chi connectivity index (χ1n) is 10.3. The van der Waals surface area contributed by atoms with Gasteiger partial charge in [-0.2, -0.15) is 0 Å². The quantitative estimate of drug-likeness (QED) is 0.388. The van der Waals surface area contributed by atoms with Crippen molar-refractivity contribution in [1.29, 1.82) is 0 Å². The molecule has 2 aromatic rings. The normalized spacial score (nSPS) is 15.6. The number of carbonyl (C=O) groups is 2. The van der Waals surface area contributed by atoms with Crippen LogP contribution in [0.25, 0.3) is 0 Å². The third-order valence-electron chi connectivity index (χ3n) is 4.88. The Morgan fingerprint density at radius 2 is 1.78 bits per heavy atom. The largest absolute Gasteiger partial charge is 0.473 e. The highest BCUT2D eigenvalue weighted by molar-refractivity contribution is 6.31. The molecule has 2 heterocycles. The molecule has 1 saturated heterocycles. The van der Waals surface area contributed by atoms with Crippen LogP contribution in [-0.2, 0) is 20.9 Å². The molecule has 3 rings (SSSR count). The Bertz CT molecular complexity index is 813. The van der Waals surface area contributed by atoms with E-state index in [1.165, 1.54) is 12.8 Å².